The molecule has 1 N–H and O–H groups in total. The first kappa shape index (κ1) is 21.7. The van der Waals surface area contributed by atoms with E-state index in [0.29, 0.717) is 42.6 Å². The van der Waals surface area contributed by atoms with Gasteiger partial charge < -0.3 is 10.2 Å². The van der Waals surface area contributed by atoms with Gasteiger partial charge in [-0.2, -0.15) is 0 Å². The monoisotopic (exact) mass is 433 g/mol. The van der Waals surface area contributed by atoms with Gasteiger partial charge in [-0.15, -0.1) is 0 Å². The Morgan fingerprint density at radius 3 is 2.28 bits per heavy atom. The molecule has 1 saturated heterocycles. The summed E-state index contributed by atoms with van der Waals surface area (Å²) in [6.07, 6.45) is 1.32. The van der Waals surface area contributed by atoms with Crippen LogP contribution in [0.1, 0.15) is 73.7 Å². The number of imide groups is 1. The van der Waals surface area contributed by atoms with Crippen molar-refractivity contribution in [3.05, 3.63) is 70.3 Å². The van der Waals surface area contributed by atoms with E-state index in [9.17, 15) is 19.2 Å². The zero-order valence-corrected chi connectivity index (χ0v) is 18.6. The van der Waals surface area contributed by atoms with Gasteiger partial charge in [0.25, 0.3) is 23.6 Å². The van der Waals surface area contributed by atoms with Crippen LogP contribution in [-0.4, -0.2) is 58.6 Å². The number of hydrogen-bond donors (Lipinski definition) is 1. The number of likely N-dealkylation sites (tertiary alicyclic amines) is 1. The van der Waals surface area contributed by atoms with Gasteiger partial charge in [-0.3, -0.25) is 24.1 Å². The largest absolute Gasteiger partial charge is 0.349 e. The number of carbonyl (C=O) groups excluding carboxylic acids is 4. The normalized spacial score (nSPS) is 16.5. The number of benzene rings is 2. The van der Waals surface area contributed by atoms with Crippen LogP contribution in [0, 0.1) is 6.92 Å². The summed E-state index contributed by atoms with van der Waals surface area (Å²) in [4.78, 5) is 53.6. The first-order valence-electron chi connectivity index (χ1n) is 10.9. The van der Waals surface area contributed by atoms with Gasteiger partial charge in [-0.1, -0.05) is 17.7 Å². The molecule has 7 nitrogen and oxygen atoms in total. The quantitative estimate of drug-likeness (QED) is 0.751. The molecule has 0 aliphatic carbocycles. The maximum absolute atomic E-state index is 12.8. The van der Waals surface area contributed by atoms with Crippen molar-refractivity contribution in [1.82, 2.24) is 15.1 Å². The average Bonchev–Trinajstić information content (AvgIpc) is 3.03. The molecular weight excluding hydrogens is 406 g/mol. The van der Waals surface area contributed by atoms with E-state index in [2.05, 4.69) is 5.32 Å². The molecule has 2 aliphatic heterocycles. The Kier molecular flexibility index (Phi) is 5.82. The van der Waals surface area contributed by atoms with E-state index < -0.39 is 0 Å². The molecule has 0 saturated carbocycles. The van der Waals surface area contributed by atoms with Gasteiger partial charge in [0.15, 0.2) is 0 Å². The van der Waals surface area contributed by atoms with Gasteiger partial charge >= 0.3 is 0 Å². The number of aryl methyl sites for hydroxylation is 1. The Morgan fingerprint density at radius 2 is 1.62 bits per heavy atom. The van der Waals surface area contributed by atoms with Crippen molar-refractivity contribution in [2.75, 3.05) is 13.1 Å². The second-order valence-corrected chi connectivity index (χ2v) is 8.74. The minimum Gasteiger partial charge on any atom is -0.349 e. The minimum atomic E-state index is -0.363. The Balaban J connectivity index is 1.38. The van der Waals surface area contributed by atoms with Crippen LogP contribution < -0.4 is 5.32 Å². The lowest BCUT2D eigenvalue weighted by Crippen LogP contribution is -2.46. The molecule has 2 aromatic rings. The molecule has 0 radical (unpaired) electrons. The predicted octanol–water partition coefficient (Wildman–Crippen LogP) is 3.03. The van der Waals surface area contributed by atoms with E-state index in [1.54, 1.807) is 26.0 Å². The van der Waals surface area contributed by atoms with Crippen LogP contribution in [-0.2, 0) is 0 Å². The van der Waals surface area contributed by atoms with E-state index in [-0.39, 0.29) is 41.3 Å². The van der Waals surface area contributed by atoms with E-state index in [1.807, 2.05) is 36.1 Å². The highest BCUT2D eigenvalue weighted by molar-refractivity contribution is 6.22. The lowest BCUT2D eigenvalue weighted by molar-refractivity contribution is 0.0607. The molecule has 4 amide bonds. The predicted molar refractivity (Wildman–Crippen MR) is 120 cm³/mol. The summed E-state index contributed by atoms with van der Waals surface area (Å²) in [5.41, 5.74) is 2.69. The summed E-state index contributed by atoms with van der Waals surface area (Å²) in [6, 6.07) is 11.9. The van der Waals surface area contributed by atoms with Crippen LogP contribution in [0.3, 0.4) is 0 Å². The lowest BCUT2D eigenvalue weighted by atomic mass is 10.0. The molecule has 1 fully saturated rings. The summed E-state index contributed by atoms with van der Waals surface area (Å²) in [6.45, 7) is 6.66. The Hall–Kier alpha value is -3.48. The maximum atomic E-state index is 12.8. The summed E-state index contributed by atoms with van der Waals surface area (Å²) >= 11 is 0. The SMILES string of the molecule is Cc1cccc(C(=O)N2CCC(NC(=O)c3ccc4c(c3)C(=O)N(C(C)C)C4=O)CC2)c1. The van der Waals surface area contributed by atoms with Crippen LogP contribution in [0.2, 0.25) is 0 Å². The first-order valence-corrected chi connectivity index (χ1v) is 10.9. The van der Waals surface area contributed by atoms with Crippen LogP contribution in [0.15, 0.2) is 42.5 Å². The summed E-state index contributed by atoms with van der Waals surface area (Å²) < 4.78 is 0. The summed E-state index contributed by atoms with van der Waals surface area (Å²) in [7, 11) is 0. The number of amides is 4. The van der Waals surface area contributed by atoms with Crippen LogP contribution in [0.4, 0.5) is 0 Å². The molecule has 0 atom stereocenters. The smallest absolute Gasteiger partial charge is 0.261 e. The van der Waals surface area contributed by atoms with Gasteiger partial charge in [0.2, 0.25) is 0 Å². The fraction of sp³-hybridized carbons (Fsp3) is 0.360. The van der Waals surface area contributed by atoms with E-state index in [0.717, 1.165) is 5.56 Å². The molecule has 32 heavy (non-hydrogen) atoms. The number of nitrogens with zero attached hydrogens (tertiary/aromatic N) is 2. The number of fused-ring (bicyclic) bond motifs is 1. The molecule has 0 aromatic heterocycles. The third-order valence-corrected chi connectivity index (χ3v) is 6.08. The Morgan fingerprint density at radius 1 is 0.938 bits per heavy atom. The van der Waals surface area contributed by atoms with Crippen molar-refractivity contribution < 1.29 is 19.2 Å². The third kappa shape index (κ3) is 4.02. The van der Waals surface area contributed by atoms with Gasteiger partial charge in [-0.25, -0.2) is 0 Å². The summed E-state index contributed by atoms with van der Waals surface area (Å²) in [5.74, 6) is -0.954. The second kappa shape index (κ2) is 8.57. The van der Waals surface area contributed by atoms with Gasteiger partial charge in [0.05, 0.1) is 11.1 Å². The molecule has 4 rings (SSSR count). The molecule has 7 heteroatoms. The zero-order chi connectivity index (χ0) is 23.0. The molecule has 2 aromatic carbocycles. The van der Waals surface area contributed by atoms with Crippen LogP contribution >= 0.6 is 0 Å². The lowest BCUT2D eigenvalue weighted by Gasteiger charge is -2.32. The molecule has 2 aliphatic rings. The maximum Gasteiger partial charge on any atom is 0.261 e. The molecule has 2 heterocycles. The van der Waals surface area contributed by atoms with Crippen LogP contribution in [0.25, 0.3) is 0 Å². The average molecular weight is 434 g/mol. The van der Waals surface area contributed by atoms with E-state index >= 15 is 0 Å². The molecule has 0 unspecified atom stereocenters. The van der Waals surface area contributed by atoms with Crippen molar-refractivity contribution >= 4 is 23.6 Å². The van der Waals surface area contributed by atoms with E-state index in [1.165, 1.54) is 11.0 Å². The van der Waals surface area contributed by atoms with Crippen LogP contribution in [0.5, 0.6) is 0 Å². The van der Waals surface area contributed by atoms with Gasteiger partial charge in [-0.05, 0) is 63.9 Å². The van der Waals surface area contributed by atoms with Crippen molar-refractivity contribution in [3.63, 3.8) is 0 Å². The fourth-order valence-electron chi connectivity index (χ4n) is 4.33. The number of carbonyl (C=O) groups is 4. The highest BCUT2D eigenvalue weighted by Crippen LogP contribution is 2.26. The van der Waals surface area contributed by atoms with Crippen molar-refractivity contribution in [2.45, 2.75) is 45.7 Å². The zero-order valence-electron chi connectivity index (χ0n) is 18.6. The standard InChI is InChI=1S/C25H27N3O4/c1-15(2)28-24(31)20-8-7-17(14-21(20)25(28)32)22(29)26-19-9-11-27(12-10-19)23(30)18-6-4-5-16(3)13-18/h4-8,13-15,19H,9-12H2,1-3H3,(H,26,29). The van der Waals surface area contributed by atoms with Crippen molar-refractivity contribution in [2.24, 2.45) is 0 Å². The highest BCUT2D eigenvalue weighted by Gasteiger charge is 2.37. The van der Waals surface area contributed by atoms with Crippen molar-refractivity contribution in [3.8, 4) is 0 Å². The Bertz CT molecular complexity index is 1100. The number of rotatable bonds is 4. The molecule has 0 spiro atoms. The third-order valence-electron chi connectivity index (χ3n) is 6.08. The van der Waals surface area contributed by atoms with Crippen molar-refractivity contribution in [1.29, 1.82) is 0 Å². The highest BCUT2D eigenvalue weighted by atomic mass is 16.2. The Labute approximate surface area is 187 Å². The summed E-state index contributed by atoms with van der Waals surface area (Å²) in [5, 5.41) is 3.01. The molecular formula is C25H27N3O4. The molecule has 166 valence electrons. The number of nitrogens with one attached hydrogen (secondary N) is 1. The topological polar surface area (TPSA) is 86.8 Å². The van der Waals surface area contributed by atoms with Gasteiger partial charge in [0.1, 0.15) is 0 Å². The number of hydrogen-bond acceptors (Lipinski definition) is 4. The minimum absolute atomic E-state index is 0.00925. The van der Waals surface area contributed by atoms with Gasteiger partial charge in [0, 0.05) is 36.3 Å². The molecule has 0 bridgehead atoms. The first-order chi connectivity index (χ1) is 15.3. The number of piperidine rings is 1. The fourth-order valence-corrected chi connectivity index (χ4v) is 4.33. The second-order valence-electron chi connectivity index (χ2n) is 8.74. The van der Waals surface area contributed by atoms with E-state index in [4.69, 9.17) is 0 Å².